The first-order valence-electron chi connectivity index (χ1n) is 9.98. The van der Waals surface area contributed by atoms with Gasteiger partial charge in [-0.15, -0.1) is 0 Å². The van der Waals surface area contributed by atoms with E-state index in [4.69, 9.17) is 5.73 Å². The summed E-state index contributed by atoms with van der Waals surface area (Å²) in [6.45, 7) is 3.36. The highest BCUT2D eigenvalue weighted by Gasteiger charge is 2.41. The van der Waals surface area contributed by atoms with Gasteiger partial charge < -0.3 is 31.9 Å². The number of carboxylic acids is 2. The molecule has 0 aliphatic carbocycles. The van der Waals surface area contributed by atoms with Gasteiger partial charge in [0.25, 0.3) is 10.1 Å². The van der Waals surface area contributed by atoms with E-state index >= 15 is 0 Å². The van der Waals surface area contributed by atoms with Crippen LogP contribution in [0.4, 0.5) is 0 Å². The molecule has 0 radical (unpaired) electrons. The van der Waals surface area contributed by atoms with Crippen LogP contribution in [-0.2, 0) is 38.9 Å². The van der Waals surface area contributed by atoms with Crippen LogP contribution >= 0.6 is 12.6 Å². The van der Waals surface area contributed by atoms with Crippen molar-refractivity contribution in [3.8, 4) is 0 Å². The minimum absolute atomic E-state index is 0.345. The van der Waals surface area contributed by atoms with E-state index in [0.717, 1.165) is 0 Å². The molecule has 35 heavy (non-hydrogen) atoms. The zero-order valence-electron chi connectivity index (χ0n) is 19.2. The first-order chi connectivity index (χ1) is 15.7. The minimum Gasteiger partial charge on any atom is -0.481 e. The average Bonchev–Trinajstić information content (AvgIpc) is 2.66. The van der Waals surface area contributed by atoms with Gasteiger partial charge in [0.1, 0.15) is 17.8 Å². The number of primary amides is 1. The van der Waals surface area contributed by atoms with Gasteiger partial charge in [-0.05, 0) is 33.6 Å². The quantitative estimate of drug-likeness (QED) is 0.0792. The van der Waals surface area contributed by atoms with Crippen molar-refractivity contribution >= 4 is 58.3 Å². The Morgan fingerprint density at radius 3 is 1.97 bits per heavy atom. The SMILES string of the molecule is CC(C)(CC(C)(S)C(=O)NC(CS(=O)(=O)O)C(=O)NC(CCC(=O)NCC(N)=O)C(=O)O)C(=O)O. The van der Waals surface area contributed by atoms with Gasteiger partial charge in [0.15, 0.2) is 0 Å². The number of nitrogens with one attached hydrogen (secondary N) is 3. The summed E-state index contributed by atoms with van der Waals surface area (Å²) in [5.41, 5.74) is 3.44. The average molecular weight is 543 g/mol. The summed E-state index contributed by atoms with van der Waals surface area (Å²) in [5, 5.41) is 24.7. The highest BCUT2D eigenvalue weighted by atomic mass is 32.2. The van der Waals surface area contributed by atoms with Gasteiger partial charge in [-0.25, -0.2) is 4.79 Å². The van der Waals surface area contributed by atoms with E-state index in [1.807, 2.05) is 10.6 Å². The molecule has 0 saturated heterocycles. The van der Waals surface area contributed by atoms with E-state index in [0.29, 0.717) is 0 Å². The monoisotopic (exact) mass is 542 g/mol. The number of rotatable bonds is 15. The van der Waals surface area contributed by atoms with Crippen molar-refractivity contribution in [1.82, 2.24) is 16.0 Å². The molecule has 8 N–H and O–H groups in total. The second kappa shape index (κ2) is 12.7. The summed E-state index contributed by atoms with van der Waals surface area (Å²) in [7, 11) is -4.86. The standard InChI is InChI=1S/C18H30N4O11S2/c1-17(2,16(29)30)8-18(3,34)15(28)22-10(7-35(31,32)33)13(25)21-9(14(26)27)4-5-12(24)20-6-11(19)23/h9-10,34H,4-8H2,1-3H3,(H2,19,23)(H,20,24)(H,21,25)(H,22,28)(H,26,27)(H,29,30)(H,31,32,33). The molecule has 17 heteroatoms. The van der Waals surface area contributed by atoms with Crippen molar-refractivity contribution in [2.75, 3.05) is 12.3 Å². The lowest BCUT2D eigenvalue weighted by atomic mass is 9.82. The van der Waals surface area contributed by atoms with Crippen LogP contribution in [0, 0.1) is 5.41 Å². The molecule has 3 unspecified atom stereocenters. The van der Waals surface area contributed by atoms with Crippen LogP contribution in [0.3, 0.4) is 0 Å². The van der Waals surface area contributed by atoms with Crippen molar-refractivity contribution < 1.29 is 52.0 Å². The van der Waals surface area contributed by atoms with Crippen molar-refractivity contribution in [2.24, 2.45) is 11.1 Å². The smallest absolute Gasteiger partial charge is 0.326 e. The molecule has 15 nitrogen and oxygen atoms in total. The molecule has 0 aromatic rings. The number of thiol groups is 1. The van der Waals surface area contributed by atoms with Gasteiger partial charge >= 0.3 is 11.9 Å². The molecular weight excluding hydrogens is 512 g/mol. The largest absolute Gasteiger partial charge is 0.481 e. The molecule has 0 spiro atoms. The topological polar surface area (TPSA) is 259 Å². The lowest BCUT2D eigenvalue weighted by molar-refractivity contribution is -0.148. The predicted molar refractivity (Wildman–Crippen MR) is 123 cm³/mol. The van der Waals surface area contributed by atoms with E-state index in [1.165, 1.54) is 20.8 Å². The fraction of sp³-hybridized carbons (Fsp3) is 0.667. The molecule has 0 bridgehead atoms. The Kier molecular flexibility index (Phi) is 11.6. The van der Waals surface area contributed by atoms with Crippen molar-refractivity contribution in [3.63, 3.8) is 0 Å². The molecule has 0 fully saturated rings. The molecule has 0 aromatic carbocycles. The molecule has 0 saturated carbocycles. The van der Waals surface area contributed by atoms with Crippen LogP contribution in [0.5, 0.6) is 0 Å². The molecule has 0 aliphatic heterocycles. The van der Waals surface area contributed by atoms with E-state index in [1.54, 1.807) is 0 Å². The second-order valence-electron chi connectivity index (χ2n) is 8.60. The fourth-order valence-corrected chi connectivity index (χ4v) is 3.92. The Bertz CT molecular complexity index is 963. The first-order valence-corrected chi connectivity index (χ1v) is 12.0. The van der Waals surface area contributed by atoms with Gasteiger partial charge in [0, 0.05) is 6.42 Å². The van der Waals surface area contributed by atoms with Crippen molar-refractivity contribution in [1.29, 1.82) is 0 Å². The summed E-state index contributed by atoms with van der Waals surface area (Å²) in [6, 6.07) is -3.70. The van der Waals surface area contributed by atoms with E-state index < -0.39 is 93.1 Å². The normalized spacial score (nSPS) is 15.1. The number of amides is 4. The lowest BCUT2D eigenvalue weighted by Gasteiger charge is -2.31. The predicted octanol–water partition coefficient (Wildman–Crippen LogP) is -2.50. The third-order valence-corrected chi connectivity index (χ3v) is 5.70. The van der Waals surface area contributed by atoms with Crippen LogP contribution in [0.2, 0.25) is 0 Å². The molecule has 0 rings (SSSR count). The third kappa shape index (κ3) is 12.4. The number of hydrogen-bond acceptors (Lipinski definition) is 9. The number of carboxylic acid groups (broad SMARTS) is 2. The lowest BCUT2D eigenvalue weighted by Crippen LogP contribution is -2.57. The van der Waals surface area contributed by atoms with Gasteiger partial charge in [0.05, 0.1) is 16.7 Å². The molecule has 3 atom stereocenters. The van der Waals surface area contributed by atoms with Crippen LogP contribution < -0.4 is 21.7 Å². The van der Waals surface area contributed by atoms with Crippen molar-refractivity contribution in [2.45, 2.75) is 56.9 Å². The van der Waals surface area contributed by atoms with E-state index in [2.05, 4.69) is 17.9 Å². The number of carbonyl (C=O) groups excluding carboxylic acids is 4. The fourth-order valence-electron chi connectivity index (χ4n) is 2.80. The number of hydrogen-bond donors (Lipinski definition) is 8. The molecule has 0 aromatic heterocycles. The van der Waals surface area contributed by atoms with Crippen LogP contribution in [0.25, 0.3) is 0 Å². The minimum atomic E-state index is -4.86. The Morgan fingerprint density at radius 1 is 1.00 bits per heavy atom. The number of nitrogens with two attached hydrogens (primary N) is 1. The van der Waals surface area contributed by atoms with Gasteiger partial charge in [-0.1, -0.05) is 0 Å². The first kappa shape index (κ1) is 32.1. The maximum atomic E-state index is 12.7. The molecular formula is C18H30N4O11S2. The molecule has 0 heterocycles. The van der Waals surface area contributed by atoms with Crippen molar-refractivity contribution in [3.05, 3.63) is 0 Å². The van der Waals surface area contributed by atoms with Crippen LogP contribution in [-0.4, -0.2) is 87.9 Å². The van der Waals surface area contributed by atoms with Gasteiger partial charge in [0.2, 0.25) is 23.6 Å². The maximum Gasteiger partial charge on any atom is 0.326 e. The molecule has 200 valence electrons. The highest BCUT2D eigenvalue weighted by Crippen LogP contribution is 2.32. The third-order valence-electron chi connectivity index (χ3n) is 4.59. The van der Waals surface area contributed by atoms with Crippen LogP contribution in [0.1, 0.15) is 40.0 Å². The summed E-state index contributed by atoms with van der Waals surface area (Å²) < 4.78 is 30.2. The zero-order valence-corrected chi connectivity index (χ0v) is 20.9. The Hall–Kier alpha value is -2.92. The summed E-state index contributed by atoms with van der Waals surface area (Å²) >= 11 is 4.13. The Morgan fingerprint density at radius 2 is 1.54 bits per heavy atom. The summed E-state index contributed by atoms with van der Waals surface area (Å²) in [6.07, 6.45) is -1.28. The van der Waals surface area contributed by atoms with E-state index in [9.17, 15) is 52.0 Å². The maximum absolute atomic E-state index is 12.7. The number of carbonyl (C=O) groups is 6. The second-order valence-corrected chi connectivity index (χ2v) is 11.1. The van der Waals surface area contributed by atoms with Gasteiger partial charge in [-0.2, -0.15) is 21.0 Å². The molecule has 4 amide bonds. The molecule has 0 aliphatic rings. The van der Waals surface area contributed by atoms with Gasteiger partial charge in [-0.3, -0.25) is 28.5 Å². The number of aliphatic carboxylic acids is 2. The zero-order chi connectivity index (χ0) is 27.8. The highest BCUT2D eigenvalue weighted by molar-refractivity contribution is 7.85. The van der Waals surface area contributed by atoms with Crippen LogP contribution in [0.15, 0.2) is 0 Å². The van der Waals surface area contributed by atoms with E-state index in [-0.39, 0.29) is 6.42 Å². The Labute approximate surface area is 206 Å². The Balaban J connectivity index is 5.55. The summed E-state index contributed by atoms with van der Waals surface area (Å²) in [5.74, 6) is -8.14. The summed E-state index contributed by atoms with van der Waals surface area (Å²) in [4.78, 5) is 70.5.